The number of amides is 1. The van der Waals surface area contributed by atoms with E-state index in [-0.39, 0.29) is 5.91 Å². The third-order valence-electron chi connectivity index (χ3n) is 3.22. The molecule has 2 aromatic rings. The molecule has 1 heterocycles. The minimum atomic E-state index is -0.274. The van der Waals surface area contributed by atoms with E-state index >= 15 is 0 Å². The van der Waals surface area contributed by atoms with Gasteiger partial charge in [-0.2, -0.15) is 0 Å². The maximum Gasteiger partial charge on any atom is 0.255 e. The monoisotopic (exact) mass is 302 g/mol. The van der Waals surface area contributed by atoms with E-state index in [0.717, 1.165) is 5.56 Å². The molecule has 0 aliphatic carbocycles. The van der Waals surface area contributed by atoms with Crippen LogP contribution in [0.5, 0.6) is 17.4 Å². The molecule has 1 aromatic heterocycles. The van der Waals surface area contributed by atoms with Gasteiger partial charge in [-0.05, 0) is 25.1 Å². The molecule has 0 aliphatic rings. The van der Waals surface area contributed by atoms with Crippen molar-refractivity contribution in [2.45, 2.75) is 6.92 Å². The number of nitrogens with one attached hydrogen (secondary N) is 1. The summed E-state index contributed by atoms with van der Waals surface area (Å²) in [4.78, 5) is 16.4. The number of carbonyl (C=O) groups is 1. The molecule has 6 nitrogen and oxygen atoms in total. The number of ether oxygens (including phenoxy) is 3. The van der Waals surface area contributed by atoms with Crippen LogP contribution in [0.1, 0.15) is 15.9 Å². The number of aromatic nitrogens is 1. The molecule has 0 aliphatic heterocycles. The van der Waals surface area contributed by atoms with Gasteiger partial charge in [0.25, 0.3) is 5.91 Å². The van der Waals surface area contributed by atoms with Crippen molar-refractivity contribution in [2.24, 2.45) is 0 Å². The molecule has 0 atom stereocenters. The second-order valence-corrected chi connectivity index (χ2v) is 4.55. The van der Waals surface area contributed by atoms with Crippen LogP contribution in [0.25, 0.3) is 0 Å². The van der Waals surface area contributed by atoms with Crippen molar-refractivity contribution in [1.82, 2.24) is 4.98 Å². The van der Waals surface area contributed by atoms with Gasteiger partial charge in [-0.1, -0.05) is 0 Å². The van der Waals surface area contributed by atoms with Crippen LogP contribution in [-0.2, 0) is 0 Å². The molecule has 1 aromatic carbocycles. The van der Waals surface area contributed by atoms with Gasteiger partial charge in [0.2, 0.25) is 5.88 Å². The first-order valence-electron chi connectivity index (χ1n) is 6.63. The van der Waals surface area contributed by atoms with E-state index < -0.39 is 0 Å². The lowest BCUT2D eigenvalue weighted by atomic mass is 10.1. The lowest BCUT2D eigenvalue weighted by Crippen LogP contribution is -2.12. The number of benzene rings is 1. The first-order chi connectivity index (χ1) is 10.6. The molecule has 22 heavy (non-hydrogen) atoms. The Morgan fingerprint density at radius 2 is 1.68 bits per heavy atom. The van der Waals surface area contributed by atoms with Crippen molar-refractivity contribution in [3.05, 3.63) is 41.6 Å². The van der Waals surface area contributed by atoms with Gasteiger partial charge in [0.1, 0.15) is 11.5 Å². The standard InChI is InChI=1S/C16H18N2O4/c1-10-13(20-2)7-11(8-14(10)21-3)16(19)18-12-5-6-15(22-4)17-9-12/h5-9H,1-4H3,(H,18,19). The van der Waals surface area contributed by atoms with Crippen molar-refractivity contribution in [3.63, 3.8) is 0 Å². The van der Waals surface area contributed by atoms with Crippen molar-refractivity contribution in [1.29, 1.82) is 0 Å². The second kappa shape index (κ2) is 6.80. The smallest absolute Gasteiger partial charge is 0.255 e. The zero-order chi connectivity index (χ0) is 16.1. The Hall–Kier alpha value is -2.76. The highest BCUT2D eigenvalue weighted by Gasteiger charge is 2.14. The largest absolute Gasteiger partial charge is 0.496 e. The summed E-state index contributed by atoms with van der Waals surface area (Å²) in [5.74, 6) is 1.40. The molecule has 0 radical (unpaired) electrons. The number of pyridine rings is 1. The summed E-state index contributed by atoms with van der Waals surface area (Å²) in [6, 6.07) is 6.73. The normalized spacial score (nSPS) is 10.0. The molecule has 6 heteroatoms. The van der Waals surface area contributed by atoms with E-state index in [2.05, 4.69) is 10.3 Å². The van der Waals surface area contributed by atoms with E-state index in [1.54, 1.807) is 38.5 Å². The summed E-state index contributed by atoms with van der Waals surface area (Å²) >= 11 is 0. The average molecular weight is 302 g/mol. The van der Waals surface area contributed by atoms with Crippen molar-refractivity contribution >= 4 is 11.6 Å². The van der Waals surface area contributed by atoms with E-state index in [0.29, 0.717) is 28.6 Å². The minimum absolute atomic E-state index is 0.274. The third-order valence-corrected chi connectivity index (χ3v) is 3.22. The molecule has 2 rings (SSSR count). The molecule has 0 spiro atoms. The first kappa shape index (κ1) is 15.6. The molecule has 0 fully saturated rings. The van der Waals surface area contributed by atoms with Crippen LogP contribution in [0, 0.1) is 6.92 Å². The number of nitrogens with zero attached hydrogens (tertiary/aromatic N) is 1. The van der Waals surface area contributed by atoms with Crippen molar-refractivity contribution < 1.29 is 19.0 Å². The molecule has 0 saturated heterocycles. The van der Waals surface area contributed by atoms with Crippen LogP contribution < -0.4 is 19.5 Å². The van der Waals surface area contributed by atoms with Crippen LogP contribution in [0.4, 0.5) is 5.69 Å². The number of rotatable bonds is 5. The highest BCUT2D eigenvalue weighted by atomic mass is 16.5. The van der Waals surface area contributed by atoms with Gasteiger partial charge < -0.3 is 19.5 Å². The number of hydrogen-bond donors (Lipinski definition) is 1. The van der Waals surface area contributed by atoms with Gasteiger partial charge in [-0.3, -0.25) is 4.79 Å². The number of anilines is 1. The first-order valence-corrected chi connectivity index (χ1v) is 6.63. The van der Waals surface area contributed by atoms with Gasteiger partial charge in [0.05, 0.1) is 33.2 Å². The maximum atomic E-state index is 12.3. The SMILES string of the molecule is COc1ccc(NC(=O)c2cc(OC)c(C)c(OC)c2)cn1. The quantitative estimate of drug-likeness (QED) is 0.919. The highest BCUT2D eigenvalue weighted by Crippen LogP contribution is 2.29. The van der Waals surface area contributed by atoms with Gasteiger partial charge >= 0.3 is 0 Å². The van der Waals surface area contributed by atoms with E-state index in [9.17, 15) is 4.79 Å². The van der Waals surface area contributed by atoms with Crippen LogP contribution >= 0.6 is 0 Å². The fraction of sp³-hybridized carbons (Fsp3) is 0.250. The second-order valence-electron chi connectivity index (χ2n) is 4.55. The zero-order valence-corrected chi connectivity index (χ0v) is 13.0. The van der Waals surface area contributed by atoms with Gasteiger partial charge in [-0.25, -0.2) is 4.98 Å². The number of carbonyl (C=O) groups excluding carboxylic acids is 1. The highest BCUT2D eigenvalue weighted by molar-refractivity contribution is 6.04. The van der Waals surface area contributed by atoms with Crippen molar-refractivity contribution in [3.8, 4) is 17.4 Å². The summed E-state index contributed by atoms with van der Waals surface area (Å²) in [6.45, 7) is 1.87. The molecule has 0 unspecified atom stereocenters. The molecule has 1 amide bonds. The van der Waals surface area contributed by atoms with Crippen molar-refractivity contribution in [2.75, 3.05) is 26.6 Å². The Morgan fingerprint density at radius 3 is 2.14 bits per heavy atom. The Bertz CT molecular complexity index is 643. The summed E-state index contributed by atoms with van der Waals surface area (Å²) in [7, 11) is 4.64. The molecule has 0 bridgehead atoms. The van der Waals surface area contributed by atoms with Crippen LogP contribution in [0.2, 0.25) is 0 Å². The van der Waals surface area contributed by atoms with Gasteiger partial charge in [-0.15, -0.1) is 0 Å². The average Bonchev–Trinajstić information content (AvgIpc) is 2.55. The fourth-order valence-corrected chi connectivity index (χ4v) is 2.00. The van der Waals surface area contributed by atoms with E-state index in [1.807, 2.05) is 6.92 Å². The topological polar surface area (TPSA) is 69.7 Å². The summed E-state index contributed by atoms with van der Waals surface area (Å²) in [5, 5.41) is 2.76. The molecular weight excluding hydrogens is 284 g/mol. The van der Waals surface area contributed by atoms with Crippen LogP contribution in [-0.4, -0.2) is 32.2 Å². The summed E-state index contributed by atoms with van der Waals surface area (Å²) in [5.41, 5.74) is 1.85. The zero-order valence-electron chi connectivity index (χ0n) is 13.0. The lowest BCUT2D eigenvalue weighted by molar-refractivity contribution is 0.102. The Morgan fingerprint density at radius 1 is 1.05 bits per heavy atom. The van der Waals surface area contributed by atoms with E-state index in [4.69, 9.17) is 14.2 Å². The minimum Gasteiger partial charge on any atom is -0.496 e. The Kier molecular flexibility index (Phi) is 4.83. The fourth-order valence-electron chi connectivity index (χ4n) is 2.00. The van der Waals surface area contributed by atoms with E-state index in [1.165, 1.54) is 13.3 Å². The third kappa shape index (κ3) is 3.28. The Balaban J connectivity index is 2.24. The van der Waals surface area contributed by atoms with Gasteiger partial charge in [0.15, 0.2) is 0 Å². The molecule has 1 N–H and O–H groups in total. The number of hydrogen-bond acceptors (Lipinski definition) is 5. The molecule has 0 saturated carbocycles. The number of methoxy groups -OCH3 is 3. The maximum absolute atomic E-state index is 12.3. The molecule has 116 valence electrons. The predicted molar refractivity (Wildman–Crippen MR) is 83.0 cm³/mol. The van der Waals surface area contributed by atoms with Crippen LogP contribution in [0.3, 0.4) is 0 Å². The molecular formula is C16H18N2O4. The van der Waals surface area contributed by atoms with Gasteiger partial charge in [0, 0.05) is 17.2 Å². The Labute approximate surface area is 129 Å². The predicted octanol–water partition coefficient (Wildman–Crippen LogP) is 2.67. The summed E-state index contributed by atoms with van der Waals surface area (Å²) in [6.07, 6.45) is 1.53. The van der Waals surface area contributed by atoms with Crippen LogP contribution in [0.15, 0.2) is 30.5 Å². The lowest BCUT2D eigenvalue weighted by Gasteiger charge is -2.12. The summed E-state index contributed by atoms with van der Waals surface area (Å²) < 4.78 is 15.5.